The number of nitrogens with one attached hydrogen (secondary N) is 1. The number of sulfonamides is 1. The molecule has 1 aliphatic carbocycles. The van der Waals surface area contributed by atoms with Crippen LogP contribution in [0.25, 0.3) is 5.00 Å². The van der Waals surface area contributed by atoms with Crippen LogP contribution in [0.3, 0.4) is 0 Å². The highest BCUT2D eigenvalue weighted by atomic mass is 127. The number of esters is 1. The highest BCUT2D eigenvalue weighted by Crippen LogP contribution is 2.52. The highest BCUT2D eigenvalue weighted by molar-refractivity contribution is 14.1. The van der Waals surface area contributed by atoms with Crippen molar-refractivity contribution < 1.29 is 17.9 Å². The Bertz CT molecular complexity index is 1260. The molecule has 0 amide bonds. The van der Waals surface area contributed by atoms with Crippen molar-refractivity contribution in [2.24, 2.45) is 5.92 Å². The van der Waals surface area contributed by atoms with Crippen molar-refractivity contribution in [3.8, 4) is 5.00 Å². The number of hydrogen-bond donors (Lipinski definition) is 1. The van der Waals surface area contributed by atoms with Gasteiger partial charge in [-0.2, -0.15) is 9.82 Å². The Morgan fingerprint density at radius 2 is 1.94 bits per heavy atom. The van der Waals surface area contributed by atoms with Crippen LogP contribution in [-0.4, -0.2) is 35.3 Å². The largest absolute Gasteiger partial charge is 0.459 e. The Morgan fingerprint density at radius 1 is 1.24 bits per heavy atom. The molecule has 1 saturated carbocycles. The van der Waals surface area contributed by atoms with Gasteiger partial charge in [0.2, 0.25) is 0 Å². The maximum Gasteiger partial charge on any atom is 0.328 e. The summed E-state index contributed by atoms with van der Waals surface area (Å²) in [6, 6.07) is 12.8. The summed E-state index contributed by atoms with van der Waals surface area (Å²) < 4.78 is 38.3. The molecule has 0 saturated heterocycles. The molecule has 33 heavy (non-hydrogen) atoms. The number of benzene rings is 1. The fraction of sp³-hybridized carbons (Fsp3) is 0.391. The van der Waals surface area contributed by atoms with Crippen LogP contribution >= 0.6 is 33.9 Å². The monoisotopic (exact) mass is 599 g/mol. The van der Waals surface area contributed by atoms with E-state index >= 15 is 0 Å². The van der Waals surface area contributed by atoms with Crippen LogP contribution in [0.2, 0.25) is 0 Å². The molecule has 0 bridgehead atoms. The second-order valence-corrected chi connectivity index (χ2v) is 13.5. The maximum absolute atomic E-state index is 13.5. The molecule has 1 fully saturated rings. The van der Waals surface area contributed by atoms with Gasteiger partial charge in [0.15, 0.2) is 0 Å². The Kier molecular flexibility index (Phi) is 6.49. The van der Waals surface area contributed by atoms with Gasteiger partial charge in [0.1, 0.15) is 20.4 Å². The van der Waals surface area contributed by atoms with E-state index in [9.17, 15) is 13.2 Å². The predicted octanol–water partition coefficient (Wildman–Crippen LogP) is 4.72. The standard InChI is InChI=1S/C23H26IN3O4S2/c1-15-12-18(16-8-6-5-7-9-16)23(15,21(28)31-22(2,3)4)26-33(29,30)20-11-10-19(32-20)27-14-17(24)13-25-27/h5-11,13-15,18,26H,12H2,1-4H3/t15?,18-,23+/m1/s1. The third-order valence-electron chi connectivity index (χ3n) is 5.77. The number of halogens is 1. The summed E-state index contributed by atoms with van der Waals surface area (Å²) in [4.78, 5) is 13.5. The van der Waals surface area contributed by atoms with Crippen molar-refractivity contribution in [1.29, 1.82) is 0 Å². The minimum absolute atomic E-state index is 0.122. The smallest absolute Gasteiger partial charge is 0.328 e. The van der Waals surface area contributed by atoms with E-state index in [1.807, 2.05) is 43.5 Å². The average Bonchev–Trinajstić information content (AvgIpc) is 3.39. The average molecular weight is 600 g/mol. The Morgan fingerprint density at radius 3 is 2.52 bits per heavy atom. The number of rotatable bonds is 6. The zero-order chi connectivity index (χ0) is 24.0. The van der Waals surface area contributed by atoms with Crippen molar-refractivity contribution >= 4 is 49.9 Å². The first-order valence-electron chi connectivity index (χ1n) is 10.5. The molecule has 176 valence electrons. The van der Waals surface area contributed by atoms with Crippen molar-refractivity contribution in [2.75, 3.05) is 0 Å². The van der Waals surface area contributed by atoms with Gasteiger partial charge in [-0.15, -0.1) is 11.3 Å². The molecule has 2 heterocycles. The first-order valence-corrected chi connectivity index (χ1v) is 13.9. The molecule has 4 rings (SSSR count). The lowest BCUT2D eigenvalue weighted by Gasteiger charge is -2.53. The minimum Gasteiger partial charge on any atom is -0.459 e. The minimum atomic E-state index is -4.01. The molecule has 1 aliphatic rings. The SMILES string of the molecule is CC1C[C@H](c2ccccc2)[C@]1(NS(=O)(=O)c1ccc(-n2cc(I)cn2)s1)C(=O)OC(C)(C)C. The third-order valence-corrected chi connectivity index (χ3v) is 9.37. The van der Waals surface area contributed by atoms with Crippen LogP contribution in [0.1, 0.15) is 45.6 Å². The Hall–Kier alpha value is -1.76. The second kappa shape index (κ2) is 8.79. The summed E-state index contributed by atoms with van der Waals surface area (Å²) in [5.74, 6) is -1.12. The normalized spacial score (nSPS) is 23.2. The molecule has 1 unspecified atom stereocenters. The first-order chi connectivity index (χ1) is 15.4. The van der Waals surface area contributed by atoms with Gasteiger partial charge in [0.25, 0.3) is 10.0 Å². The van der Waals surface area contributed by atoms with E-state index in [-0.39, 0.29) is 16.0 Å². The lowest BCUT2D eigenvalue weighted by molar-refractivity contribution is -0.172. The van der Waals surface area contributed by atoms with E-state index in [1.54, 1.807) is 43.8 Å². The molecule has 1 aromatic carbocycles. The molecule has 0 radical (unpaired) electrons. The van der Waals surface area contributed by atoms with Crippen molar-refractivity contribution in [1.82, 2.24) is 14.5 Å². The molecular formula is C23H26IN3O4S2. The topological polar surface area (TPSA) is 90.3 Å². The third kappa shape index (κ3) is 4.75. The van der Waals surface area contributed by atoms with Gasteiger partial charge in [0, 0.05) is 12.1 Å². The molecule has 1 N–H and O–H groups in total. The highest BCUT2D eigenvalue weighted by Gasteiger charge is 2.62. The molecule has 0 aliphatic heterocycles. The van der Waals surface area contributed by atoms with Crippen molar-refractivity contribution in [2.45, 2.75) is 55.4 Å². The van der Waals surface area contributed by atoms with Gasteiger partial charge in [-0.25, -0.2) is 17.9 Å². The summed E-state index contributed by atoms with van der Waals surface area (Å²) >= 11 is 3.25. The fourth-order valence-corrected chi connectivity index (χ4v) is 7.28. The molecule has 7 nitrogen and oxygen atoms in total. The molecule has 3 atom stereocenters. The predicted molar refractivity (Wildman–Crippen MR) is 136 cm³/mol. The maximum atomic E-state index is 13.5. The van der Waals surface area contributed by atoms with Gasteiger partial charge in [-0.3, -0.25) is 0 Å². The molecule has 10 heteroatoms. The van der Waals surface area contributed by atoms with Gasteiger partial charge in [0.05, 0.1) is 9.77 Å². The number of aromatic nitrogens is 2. The zero-order valence-electron chi connectivity index (χ0n) is 18.8. The van der Waals surface area contributed by atoms with E-state index < -0.39 is 27.1 Å². The van der Waals surface area contributed by atoms with Gasteiger partial charge >= 0.3 is 5.97 Å². The summed E-state index contributed by atoms with van der Waals surface area (Å²) in [7, 11) is -4.01. The summed E-state index contributed by atoms with van der Waals surface area (Å²) in [6.07, 6.45) is 4.19. The van der Waals surface area contributed by atoms with Crippen LogP contribution in [-0.2, 0) is 19.6 Å². The summed E-state index contributed by atoms with van der Waals surface area (Å²) in [6.45, 7) is 7.23. The lowest BCUT2D eigenvalue weighted by Crippen LogP contribution is -2.69. The first kappa shape index (κ1) is 24.4. The van der Waals surface area contributed by atoms with E-state index in [4.69, 9.17) is 4.74 Å². The van der Waals surface area contributed by atoms with E-state index in [2.05, 4.69) is 32.4 Å². The number of hydrogen-bond acceptors (Lipinski definition) is 6. The van der Waals surface area contributed by atoms with Gasteiger partial charge in [-0.05, 0) is 73.4 Å². The van der Waals surface area contributed by atoms with Crippen LogP contribution in [0.15, 0.2) is 59.1 Å². The zero-order valence-corrected chi connectivity index (χ0v) is 22.6. The number of ether oxygens (including phenoxy) is 1. The summed E-state index contributed by atoms with van der Waals surface area (Å²) in [5, 5.41) is 4.92. The van der Waals surface area contributed by atoms with Gasteiger partial charge in [-0.1, -0.05) is 37.3 Å². The van der Waals surface area contributed by atoms with E-state index in [1.165, 1.54) is 0 Å². The Labute approximate surface area is 211 Å². The lowest BCUT2D eigenvalue weighted by atomic mass is 9.57. The Balaban J connectivity index is 1.72. The van der Waals surface area contributed by atoms with Gasteiger partial charge < -0.3 is 4.74 Å². The van der Waals surface area contributed by atoms with Crippen LogP contribution in [0.4, 0.5) is 0 Å². The quantitative estimate of drug-likeness (QED) is 0.327. The van der Waals surface area contributed by atoms with Crippen LogP contribution in [0.5, 0.6) is 0 Å². The number of carbonyl (C=O) groups is 1. The van der Waals surface area contributed by atoms with Crippen LogP contribution in [0, 0.1) is 9.49 Å². The summed E-state index contributed by atoms with van der Waals surface area (Å²) in [5.41, 5.74) is -1.24. The number of nitrogens with zero attached hydrogens (tertiary/aromatic N) is 2. The molecule has 2 aromatic heterocycles. The van der Waals surface area contributed by atoms with Crippen molar-refractivity contribution in [3.05, 3.63) is 64.0 Å². The number of carbonyl (C=O) groups excluding carboxylic acids is 1. The fourth-order valence-electron chi connectivity index (χ4n) is 4.18. The molecule has 0 spiro atoms. The number of thiophene rings is 1. The van der Waals surface area contributed by atoms with Crippen molar-refractivity contribution in [3.63, 3.8) is 0 Å². The van der Waals surface area contributed by atoms with E-state index in [0.717, 1.165) is 20.5 Å². The molecular weight excluding hydrogens is 573 g/mol. The van der Waals surface area contributed by atoms with Crippen LogP contribution < -0.4 is 4.72 Å². The molecule has 3 aromatic rings. The second-order valence-electron chi connectivity index (χ2n) is 9.27. The van der Waals surface area contributed by atoms with E-state index in [0.29, 0.717) is 11.4 Å².